The molecule has 0 radical (unpaired) electrons. The molecule has 2 rings (SSSR count). The van der Waals surface area contributed by atoms with E-state index in [-0.39, 0.29) is 13.0 Å². The molecule has 4 N–H and O–H groups in total. The van der Waals surface area contributed by atoms with Gasteiger partial charge in [-0.05, 0) is 13.0 Å². The number of aromatic nitrogens is 4. The quantitative estimate of drug-likeness (QED) is 0.582. The Kier molecular flexibility index (Phi) is 3.80. The molecular formula is C11H13N5O4. The van der Waals surface area contributed by atoms with Crippen molar-refractivity contribution in [2.24, 2.45) is 5.73 Å². The molecule has 0 atom stereocenters. The van der Waals surface area contributed by atoms with E-state index in [0.29, 0.717) is 0 Å². The van der Waals surface area contributed by atoms with Crippen molar-refractivity contribution in [3.63, 3.8) is 0 Å². The smallest absolute Gasteiger partial charge is 0.330 e. The van der Waals surface area contributed by atoms with Crippen LogP contribution in [0.1, 0.15) is 12.6 Å². The Morgan fingerprint density at radius 1 is 0.950 bits per heavy atom. The second kappa shape index (κ2) is 5.53. The van der Waals surface area contributed by atoms with E-state index in [4.69, 9.17) is 5.73 Å². The van der Waals surface area contributed by atoms with Gasteiger partial charge in [0.15, 0.2) is 0 Å². The third-order valence-corrected chi connectivity index (χ3v) is 2.77. The standard InChI is InChI=1S/C11H13N5O4/c12-4-1-9(15-5-2-7(17)13-10(15)19)16-6-3-8(18)14-11(16)20/h2-3,5-6,9H,1,4,12H2,(H,13,17,19)(H,14,18,20). The fraction of sp³-hybridized carbons (Fsp3) is 0.273. The monoisotopic (exact) mass is 279 g/mol. The van der Waals surface area contributed by atoms with Gasteiger partial charge < -0.3 is 5.73 Å². The van der Waals surface area contributed by atoms with Crippen molar-refractivity contribution < 1.29 is 0 Å². The predicted molar refractivity (Wildman–Crippen MR) is 70.8 cm³/mol. The van der Waals surface area contributed by atoms with Crippen molar-refractivity contribution in [3.05, 3.63) is 66.2 Å². The molecule has 0 fully saturated rings. The maximum atomic E-state index is 11.8. The molecule has 2 aromatic heterocycles. The van der Waals surface area contributed by atoms with E-state index in [9.17, 15) is 19.2 Å². The fourth-order valence-corrected chi connectivity index (χ4v) is 1.89. The van der Waals surface area contributed by atoms with Gasteiger partial charge in [-0.15, -0.1) is 0 Å². The lowest BCUT2D eigenvalue weighted by atomic mass is 10.3. The normalized spacial score (nSPS) is 10.9. The molecule has 9 heteroatoms. The van der Waals surface area contributed by atoms with Gasteiger partial charge in [0, 0.05) is 24.5 Å². The van der Waals surface area contributed by atoms with Crippen molar-refractivity contribution in [1.82, 2.24) is 19.1 Å². The second-order valence-corrected chi connectivity index (χ2v) is 4.09. The average Bonchev–Trinajstić information content (AvgIpc) is 2.37. The van der Waals surface area contributed by atoms with E-state index in [0.717, 1.165) is 0 Å². The summed E-state index contributed by atoms with van der Waals surface area (Å²) in [7, 11) is 0. The summed E-state index contributed by atoms with van der Waals surface area (Å²) in [6, 6.07) is 2.34. The summed E-state index contributed by atoms with van der Waals surface area (Å²) in [5.41, 5.74) is 3.10. The molecule has 0 saturated carbocycles. The molecule has 9 nitrogen and oxygen atoms in total. The van der Waals surface area contributed by atoms with Crippen molar-refractivity contribution in [1.29, 1.82) is 0 Å². The Bertz CT molecular complexity index is 760. The molecule has 0 saturated heterocycles. The van der Waals surface area contributed by atoms with Crippen LogP contribution in [0, 0.1) is 0 Å². The van der Waals surface area contributed by atoms with Crippen molar-refractivity contribution >= 4 is 0 Å². The first-order valence-corrected chi connectivity index (χ1v) is 5.86. The highest BCUT2D eigenvalue weighted by Crippen LogP contribution is 2.07. The van der Waals surface area contributed by atoms with Gasteiger partial charge in [-0.3, -0.25) is 28.7 Å². The van der Waals surface area contributed by atoms with Crippen LogP contribution >= 0.6 is 0 Å². The van der Waals surface area contributed by atoms with Crippen LogP contribution in [0.3, 0.4) is 0 Å². The highest BCUT2D eigenvalue weighted by molar-refractivity contribution is 4.91. The number of hydrogen-bond acceptors (Lipinski definition) is 5. The van der Waals surface area contributed by atoms with Gasteiger partial charge in [0.1, 0.15) is 6.17 Å². The first-order valence-electron chi connectivity index (χ1n) is 5.86. The Labute approximate surface area is 111 Å². The van der Waals surface area contributed by atoms with E-state index in [1.54, 1.807) is 0 Å². The van der Waals surface area contributed by atoms with Crippen LogP contribution in [0.15, 0.2) is 43.7 Å². The SMILES string of the molecule is NCCC(n1ccc(=O)[nH]c1=O)n1ccc(=O)[nH]c1=O. The number of rotatable bonds is 4. The summed E-state index contributed by atoms with van der Waals surface area (Å²) in [5.74, 6) is 0. The fourth-order valence-electron chi connectivity index (χ4n) is 1.89. The van der Waals surface area contributed by atoms with Crippen LogP contribution in [-0.4, -0.2) is 25.6 Å². The maximum absolute atomic E-state index is 11.8. The zero-order chi connectivity index (χ0) is 14.7. The van der Waals surface area contributed by atoms with Crippen LogP contribution in [0.2, 0.25) is 0 Å². The first-order chi connectivity index (χ1) is 9.52. The summed E-state index contributed by atoms with van der Waals surface area (Å²) in [6.45, 7) is 0.210. The summed E-state index contributed by atoms with van der Waals surface area (Å²) in [6.07, 6.45) is 2.10. The summed E-state index contributed by atoms with van der Waals surface area (Å²) >= 11 is 0. The Morgan fingerprint density at radius 3 is 1.75 bits per heavy atom. The Morgan fingerprint density at radius 2 is 1.40 bits per heavy atom. The summed E-state index contributed by atoms with van der Waals surface area (Å²) < 4.78 is 2.35. The van der Waals surface area contributed by atoms with E-state index >= 15 is 0 Å². The first kappa shape index (κ1) is 13.7. The second-order valence-electron chi connectivity index (χ2n) is 4.09. The maximum Gasteiger partial charge on any atom is 0.330 e. The van der Waals surface area contributed by atoms with Crippen LogP contribution in [0.4, 0.5) is 0 Å². The summed E-state index contributed by atoms with van der Waals surface area (Å²) in [4.78, 5) is 49.9. The lowest BCUT2D eigenvalue weighted by Crippen LogP contribution is -2.40. The van der Waals surface area contributed by atoms with E-state index < -0.39 is 28.7 Å². The van der Waals surface area contributed by atoms with Gasteiger partial charge in [-0.1, -0.05) is 0 Å². The molecule has 0 aliphatic rings. The molecule has 20 heavy (non-hydrogen) atoms. The molecule has 0 bridgehead atoms. The topological polar surface area (TPSA) is 136 Å². The highest BCUT2D eigenvalue weighted by Gasteiger charge is 2.15. The van der Waals surface area contributed by atoms with Gasteiger partial charge in [0.25, 0.3) is 11.1 Å². The number of nitrogens with one attached hydrogen (secondary N) is 2. The Balaban J connectivity index is 2.62. The third kappa shape index (κ3) is 2.67. The van der Waals surface area contributed by atoms with E-state index in [1.807, 2.05) is 0 Å². The highest BCUT2D eigenvalue weighted by atomic mass is 16.2. The van der Waals surface area contributed by atoms with Crippen LogP contribution in [0.5, 0.6) is 0 Å². The van der Waals surface area contributed by atoms with Gasteiger partial charge in [-0.2, -0.15) is 0 Å². The number of H-pyrrole nitrogens is 2. The number of aromatic amines is 2. The minimum absolute atomic E-state index is 0.210. The molecule has 2 aromatic rings. The lowest BCUT2D eigenvalue weighted by molar-refractivity contribution is 0.374. The number of hydrogen-bond donors (Lipinski definition) is 3. The van der Waals surface area contributed by atoms with Gasteiger partial charge in [0.05, 0.1) is 0 Å². The van der Waals surface area contributed by atoms with Gasteiger partial charge in [0.2, 0.25) is 0 Å². The zero-order valence-corrected chi connectivity index (χ0v) is 10.4. The zero-order valence-electron chi connectivity index (χ0n) is 10.4. The summed E-state index contributed by atoms with van der Waals surface area (Å²) in [5, 5.41) is 0. The molecule has 0 aliphatic carbocycles. The van der Waals surface area contributed by atoms with E-state index in [1.165, 1.54) is 33.7 Å². The van der Waals surface area contributed by atoms with Crippen LogP contribution in [-0.2, 0) is 0 Å². The molecular weight excluding hydrogens is 266 g/mol. The van der Waals surface area contributed by atoms with Crippen molar-refractivity contribution in [2.45, 2.75) is 12.6 Å². The lowest BCUT2D eigenvalue weighted by Gasteiger charge is -2.20. The molecule has 0 amide bonds. The molecule has 106 valence electrons. The molecule has 0 aliphatic heterocycles. The number of nitrogens with zero attached hydrogens (tertiary/aromatic N) is 2. The molecule has 0 spiro atoms. The van der Waals surface area contributed by atoms with Crippen LogP contribution in [0.25, 0.3) is 0 Å². The van der Waals surface area contributed by atoms with Gasteiger partial charge >= 0.3 is 11.4 Å². The van der Waals surface area contributed by atoms with E-state index in [2.05, 4.69) is 9.97 Å². The number of nitrogens with two attached hydrogens (primary N) is 1. The largest absolute Gasteiger partial charge is 0.330 e. The molecule has 0 unspecified atom stereocenters. The van der Waals surface area contributed by atoms with Crippen molar-refractivity contribution in [3.8, 4) is 0 Å². The third-order valence-electron chi connectivity index (χ3n) is 2.77. The average molecular weight is 279 g/mol. The van der Waals surface area contributed by atoms with Gasteiger partial charge in [-0.25, -0.2) is 9.59 Å². The van der Waals surface area contributed by atoms with Crippen molar-refractivity contribution in [2.75, 3.05) is 6.54 Å². The minimum Gasteiger partial charge on any atom is -0.330 e. The van der Waals surface area contributed by atoms with Crippen LogP contribution < -0.4 is 28.2 Å². The molecule has 2 heterocycles. The Hall–Kier alpha value is -2.68. The predicted octanol–water partition coefficient (Wildman–Crippen LogP) is -2.22. The molecule has 0 aromatic carbocycles. The minimum atomic E-state index is -0.728.